The van der Waals surface area contributed by atoms with Crippen LogP contribution in [0.2, 0.25) is 0 Å². The number of hydrogen-bond acceptors (Lipinski definition) is 3. The number of amides is 2. The number of carbonyl (C=O) groups is 2. The van der Waals surface area contributed by atoms with Crippen LogP contribution in [0.4, 0.5) is 0 Å². The number of nitrogens with zero attached hydrogens (tertiary/aromatic N) is 1. The van der Waals surface area contributed by atoms with Crippen LogP contribution in [0.5, 0.6) is 5.75 Å². The molecule has 0 spiro atoms. The van der Waals surface area contributed by atoms with E-state index in [1.54, 1.807) is 33.3 Å². The Labute approximate surface area is 118 Å². The van der Waals surface area contributed by atoms with Gasteiger partial charge in [0.15, 0.2) is 0 Å². The molecule has 0 aromatic heterocycles. The second-order valence-corrected chi connectivity index (χ2v) is 5.42. The molecule has 0 heterocycles. The van der Waals surface area contributed by atoms with Gasteiger partial charge in [-0.1, -0.05) is 0 Å². The molecular formula is C15H20N2O3. The number of carbonyl (C=O) groups excluding carboxylic acids is 2. The van der Waals surface area contributed by atoms with E-state index in [0.29, 0.717) is 24.2 Å². The maximum atomic E-state index is 12.3. The highest BCUT2D eigenvalue weighted by molar-refractivity contribution is 6.01. The van der Waals surface area contributed by atoms with Crippen molar-refractivity contribution in [2.75, 3.05) is 21.2 Å². The normalized spacial score (nSPS) is 15.4. The number of rotatable bonds is 4. The number of hydrogen-bond donors (Lipinski definition) is 1. The maximum Gasteiger partial charge on any atom is 0.252 e. The van der Waals surface area contributed by atoms with Crippen molar-refractivity contribution in [3.8, 4) is 5.75 Å². The molecule has 0 unspecified atom stereocenters. The SMILES string of the molecule is COc1ccc(C(=O)NC2(C(=O)N(C)C)CC2)c(C)c1. The Balaban J connectivity index is 2.15. The molecule has 2 rings (SSSR count). The third-order valence-corrected chi connectivity index (χ3v) is 3.60. The molecule has 20 heavy (non-hydrogen) atoms. The lowest BCUT2D eigenvalue weighted by molar-refractivity contribution is -0.131. The molecule has 108 valence electrons. The van der Waals surface area contributed by atoms with Crippen LogP contribution in [0.1, 0.15) is 28.8 Å². The Morgan fingerprint density at radius 3 is 2.40 bits per heavy atom. The van der Waals surface area contributed by atoms with Gasteiger partial charge < -0.3 is 15.0 Å². The Hall–Kier alpha value is -2.04. The lowest BCUT2D eigenvalue weighted by atomic mass is 10.1. The molecule has 0 saturated heterocycles. The smallest absolute Gasteiger partial charge is 0.252 e. The van der Waals surface area contributed by atoms with Crippen LogP contribution >= 0.6 is 0 Å². The van der Waals surface area contributed by atoms with Crippen molar-refractivity contribution in [2.45, 2.75) is 25.3 Å². The first-order valence-electron chi connectivity index (χ1n) is 6.58. The number of likely N-dealkylation sites (N-methyl/N-ethyl adjacent to an activating group) is 1. The average molecular weight is 276 g/mol. The van der Waals surface area contributed by atoms with Gasteiger partial charge in [-0.2, -0.15) is 0 Å². The minimum absolute atomic E-state index is 0.0444. The summed E-state index contributed by atoms with van der Waals surface area (Å²) in [5.41, 5.74) is 0.700. The summed E-state index contributed by atoms with van der Waals surface area (Å²) >= 11 is 0. The molecule has 5 heteroatoms. The summed E-state index contributed by atoms with van der Waals surface area (Å²) in [5.74, 6) is 0.458. The molecule has 1 aromatic rings. The Kier molecular flexibility index (Phi) is 3.70. The molecule has 1 aliphatic rings. The van der Waals surface area contributed by atoms with Gasteiger partial charge in [0, 0.05) is 19.7 Å². The van der Waals surface area contributed by atoms with Crippen molar-refractivity contribution in [1.29, 1.82) is 0 Å². The van der Waals surface area contributed by atoms with Gasteiger partial charge in [0.05, 0.1) is 7.11 Å². The summed E-state index contributed by atoms with van der Waals surface area (Å²) < 4.78 is 5.12. The first-order valence-corrected chi connectivity index (χ1v) is 6.58. The van der Waals surface area contributed by atoms with E-state index in [-0.39, 0.29) is 11.8 Å². The van der Waals surface area contributed by atoms with Gasteiger partial charge >= 0.3 is 0 Å². The van der Waals surface area contributed by atoms with Gasteiger partial charge in [-0.25, -0.2) is 0 Å². The first-order chi connectivity index (χ1) is 9.39. The molecule has 0 radical (unpaired) electrons. The average Bonchev–Trinajstić information content (AvgIpc) is 3.18. The van der Waals surface area contributed by atoms with E-state index in [0.717, 1.165) is 5.56 Å². The van der Waals surface area contributed by atoms with Crippen LogP contribution in [-0.4, -0.2) is 43.5 Å². The molecule has 0 bridgehead atoms. The highest BCUT2D eigenvalue weighted by Crippen LogP contribution is 2.37. The molecule has 2 amide bonds. The van der Waals surface area contributed by atoms with Crippen LogP contribution in [0.25, 0.3) is 0 Å². The second kappa shape index (κ2) is 5.15. The van der Waals surface area contributed by atoms with Crippen molar-refractivity contribution in [3.05, 3.63) is 29.3 Å². The molecular weight excluding hydrogens is 256 g/mol. The zero-order valence-corrected chi connectivity index (χ0v) is 12.3. The number of ether oxygens (including phenoxy) is 1. The zero-order valence-electron chi connectivity index (χ0n) is 12.3. The highest BCUT2D eigenvalue weighted by atomic mass is 16.5. The van der Waals surface area contributed by atoms with Crippen LogP contribution in [-0.2, 0) is 4.79 Å². The fourth-order valence-electron chi connectivity index (χ4n) is 2.25. The van der Waals surface area contributed by atoms with E-state index < -0.39 is 5.54 Å². The maximum absolute atomic E-state index is 12.3. The highest BCUT2D eigenvalue weighted by Gasteiger charge is 2.52. The Morgan fingerprint density at radius 1 is 1.30 bits per heavy atom. The van der Waals surface area contributed by atoms with E-state index in [4.69, 9.17) is 4.74 Å². The van der Waals surface area contributed by atoms with E-state index in [2.05, 4.69) is 5.32 Å². The molecule has 0 atom stereocenters. The molecule has 1 saturated carbocycles. The lowest BCUT2D eigenvalue weighted by Crippen LogP contribution is -2.48. The van der Waals surface area contributed by atoms with Gasteiger partial charge in [0.25, 0.3) is 5.91 Å². The lowest BCUT2D eigenvalue weighted by Gasteiger charge is -2.21. The predicted octanol–water partition coefficient (Wildman–Crippen LogP) is 1.35. The zero-order chi connectivity index (χ0) is 14.9. The van der Waals surface area contributed by atoms with E-state index in [1.165, 1.54) is 4.90 Å². The third kappa shape index (κ3) is 2.61. The van der Waals surface area contributed by atoms with Gasteiger partial charge in [-0.3, -0.25) is 9.59 Å². The summed E-state index contributed by atoms with van der Waals surface area (Å²) in [7, 11) is 4.99. The fourth-order valence-corrected chi connectivity index (χ4v) is 2.25. The Morgan fingerprint density at radius 2 is 1.95 bits per heavy atom. The van der Waals surface area contributed by atoms with Gasteiger partial charge in [-0.05, 0) is 43.5 Å². The topological polar surface area (TPSA) is 58.6 Å². The van der Waals surface area contributed by atoms with Crippen LogP contribution in [0.3, 0.4) is 0 Å². The summed E-state index contributed by atoms with van der Waals surface area (Å²) in [6.07, 6.45) is 1.40. The Bertz CT molecular complexity index is 548. The van der Waals surface area contributed by atoms with Crippen molar-refractivity contribution < 1.29 is 14.3 Å². The minimum atomic E-state index is -0.701. The quantitative estimate of drug-likeness (QED) is 0.903. The summed E-state index contributed by atoms with van der Waals surface area (Å²) in [5, 5.41) is 2.87. The van der Waals surface area contributed by atoms with Crippen LogP contribution in [0.15, 0.2) is 18.2 Å². The number of methoxy groups -OCH3 is 1. The van der Waals surface area contributed by atoms with E-state index in [9.17, 15) is 9.59 Å². The van der Waals surface area contributed by atoms with Crippen molar-refractivity contribution in [2.24, 2.45) is 0 Å². The van der Waals surface area contributed by atoms with Crippen LogP contribution in [0, 0.1) is 6.92 Å². The van der Waals surface area contributed by atoms with Crippen molar-refractivity contribution in [1.82, 2.24) is 10.2 Å². The molecule has 5 nitrogen and oxygen atoms in total. The fraction of sp³-hybridized carbons (Fsp3) is 0.467. The number of nitrogens with one attached hydrogen (secondary N) is 1. The molecule has 1 aliphatic carbocycles. The van der Waals surface area contributed by atoms with Gasteiger partial charge in [-0.15, -0.1) is 0 Å². The largest absolute Gasteiger partial charge is 0.497 e. The number of aryl methyl sites for hydroxylation is 1. The molecule has 1 aromatic carbocycles. The van der Waals surface area contributed by atoms with Gasteiger partial charge in [0.1, 0.15) is 11.3 Å². The summed E-state index contributed by atoms with van der Waals surface area (Å²) in [6.45, 7) is 1.85. The molecule has 1 N–H and O–H groups in total. The number of benzene rings is 1. The van der Waals surface area contributed by atoms with E-state index >= 15 is 0 Å². The third-order valence-electron chi connectivity index (χ3n) is 3.60. The summed E-state index contributed by atoms with van der Waals surface area (Å²) in [6, 6.07) is 5.28. The standard InChI is InChI=1S/C15H20N2O3/c1-10-9-11(20-4)5-6-12(10)13(18)16-15(7-8-15)14(19)17(2)3/h5-6,9H,7-8H2,1-4H3,(H,16,18). The van der Waals surface area contributed by atoms with Gasteiger partial charge in [0.2, 0.25) is 5.91 Å². The van der Waals surface area contributed by atoms with E-state index in [1.807, 2.05) is 13.0 Å². The summed E-state index contributed by atoms with van der Waals surface area (Å²) in [4.78, 5) is 25.9. The minimum Gasteiger partial charge on any atom is -0.497 e. The van der Waals surface area contributed by atoms with Crippen LogP contribution < -0.4 is 10.1 Å². The first kappa shape index (κ1) is 14.4. The predicted molar refractivity (Wildman–Crippen MR) is 75.9 cm³/mol. The monoisotopic (exact) mass is 276 g/mol. The van der Waals surface area contributed by atoms with Crippen molar-refractivity contribution >= 4 is 11.8 Å². The van der Waals surface area contributed by atoms with Crippen molar-refractivity contribution in [3.63, 3.8) is 0 Å². The second-order valence-electron chi connectivity index (χ2n) is 5.42. The molecule has 1 fully saturated rings. The molecule has 0 aliphatic heterocycles.